The van der Waals surface area contributed by atoms with Crippen molar-refractivity contribution in [2.24, 2.45) is 4.99 Å². The molecule has 3 rings (SSSR count). The number of nitrogens with zero attached hydrogens (tertiary/aromatic N) is 1. The van der Waals surface area contributed by atoms with Crippen molar-refractivity contribution in [1.82, 2.24) is 0 Å². The number of benzene rings is 1. The van der Waals surface area contributed by atoms with Crippen molar-refractivity contribution in [3.8, 4) is 0 Å². The zero-order valence-corrected chi connectivity index (χ0v) is 12.1. The van der Waals surface area contributed by atoms with Crippen molar-refractivity contribution in [2.75, 3.05) is 0 Å². The van der Waals surface area contributed by atoms with Crippen LogP contribution in [0.2, 0.25) is 0 Å². The summed E-state index contributed by atoms with van der Waals surface area (Å²) in [4.78, 5) is 4.66. The topological polar surface area (TPSA) is 32.6 Å². The molecule has 1 aromatic carbocycles. The van der Waals surface area contributed by atoms with E-state index in [2.05, 4.69) is 4.99 Å². The first-order chi connectivity index (χ1) is 9.91. The van der Waals surface area contributed by atoms with E-state index < -0.39 is 11.7 Å². The van der Waals surface area contributed by atoms with Gasteiger partial charge in [-0.1, -0.05) is 12.1 Å². The van der Waals surface area contributed by atoms with Crippen LogP contribution in [0.4, 0.5) is 13.2 Å². The molecule has 0 amide bonds. The number of halogens is 3. The predicted molar refractivity (Wildman–Crippen MR) is 77.6 cm³/mol. The van der Waals surface area contributed by atoms with Gasteiger partial charge in [-0.3, -0.25) is 4.99 Å². The highest BCUT2D eigenvalue weighted by molar-refractivity contribution is 8.14. The van der Waals surface area contributed by atoms with Gasteiger partial charge in [0.05, 0.1) is 22.8 Å². The minimum Gasteiger partial charge on any atom is -0.393 e. The van der Waals surface area contributed by atoms with Crippen LogP contribution in [0, 0.1) is 0 Å². The Bertz CT molecular complexity index is 541. The van der Waals surface area contributed by atoms with E-state index in [0.29, 0.717) is 11.7 Å². The number of fused-ring (bicyclic) bond motifs is 1. The van der Waals surface area contributed by atoms with Crippen LogP contribution in [0.1, 0.15) is 30.4 Å². The van der Waals surface area contributed by atoms with E-state index in [1.165, 1.54) is 12.1 Å². The Morgan fingerprint density at radius 1 is 1.19 bits per heavy atom. The number of aliphatic hydroxyl groups is 1. The predicted octanol–water partition coefficient (Wildman–Crippen LogP) is 3.68. The van der Waals surface area contributed by atoms with Gasteiger partial charge in [-0.05, 0) is 37.0 Å². The van der Waals surface area contributed by atoms with E-state index >= 15 is 0 Å². The van der Waals surface area contributed by atoms with Gasteiger partial charge >= 0.3 is 6.18 Å². The highest BCUT2D eigenvalue weighted by atomic mass is 32.2. The van der Waals surface area contributed by atoms with Crippen LogP contribution >= 0.6 is 11.8 Å². The number of hydrogen-bond donors (Lipinski definition) is 1. The van der Waals surface area contributed by atoms with Crippen LogP contribution < -0.4 is 0 Å². The first-order valence-electron chi connectivity index (χ1n) is 6.99. The average Bonchev–Trinajstić information content (AvgIpc) is 2.79. The lowest BCUT2D eigenvalue weighted by Gasteiger charge is -2.26. The molecule has 1 aliphatic carbocycles. The molecular formula is C15H16F3NOS. The van der Waals surface area contributed by atoms with Gasteiger partial charge in [0.2, 0.25) is 0 Å². The molecule has 1 aliphatic heterocycles. The van der Waals surface area contributed by atoms with E-state index in [1.807, 2.05) is 0 Å². The van der Waals surface area contributed by atoms with Gasteiger partial charge < -0.3 is 5.11 Å². The lowest BCUT2D eigenvalue weighted by atomic mass is 9.93. The number of alkyl halides is 3. The summed E-state index contributed by atoms with van der Waals surface area (Å²) in [6.45, 7) is 0. The molecule has 2 aliphatic rings. The van der Waals surface area contributed by atoms with E-state index in [9.17, 15) is 18.3 Å². The fourth-order valence-electron chi connectivity index (χ4n) is 2.83. The Hall–Kier alpha value is -1.01. The summed E-state index contributed by atoms with van der Waals surface area (Å²) in [5.41, 5.74) is 0.220. The molecule has 1 N–H and O–H groups in total. The first-order valence-corrected chi connectivity index (χ1v) is 7.87. The summed E-state index contributed by atoms with van der Waals surface area (Å²) < 4.78 is 37.5. The molecule has 6 heteroatoms. The molecule has 0 saturated heterocycles. The van der Waals surface area contributed by atoms with Gasteiger partial charge in [-0.15, -0.1) is 11.8 Å². The number of hydrogen-bond acceptors (Lipinski definition) is 3. The molecule has 0 spiro atoms. The first kappa shape index (κ1) is 14.9. The summed E-state index contributed by atoms with van der Waals surface area (Å²) in [5, 5.41) is 11.0. The lowest BCUT2D eigenvalue weighted by molar-refractivity contribution is -0.137. The Kier molecular flexibility index (Phi) is 4.01. The second-order valence-electron chi connectivity index (χ2n) is 5.58. The number of thioether (sulfide) groups is 1. The van der Waals surface area contributed by atoms with Gasteiger partial charge in [0.15, 0.2) is 0 Å². The number of rotatable bonds is 2. The highest BCUT2D eigenvalue weighted by Gasteiger charge is 2.35. The monoisotopic (exact) mass is 315 g/mol. The minimum absolute atomic E-state index is 0.237. The maximum atomic E-state index is 12.5. The lowest BCUT2D eigenvalue weighted by Crippen LogP contribution is -2.30. The van der Waals surface area contributed by atoms with E-state index in [4.69, 9.17) is 0 Å². The van der Waals surface area contributed by atoms with Crippen LogP contribution in [-0.4, -0.2) is 27.5 Å². The maximum Gasteiger partial charge on any atom is 0.416 e. The zero-order chi connectivity index (χ0) is 15.0. The average molecular weight is 315 g/mol. The molecule has 2 nitrogen and oxygen atoms in total. The third-order valence-electron chi connectivity index (χ3n) is 3.96. The van der Waals surface area contributed by atoms with Crippen LogP contribution in [0.5, 0.6) is 0 Å². The standard InChI is InChI=1S/C15H16F3NOS/c16-15(17,18)10-3-1-9(2-4-10)7-14-19-12-6-5-11(20)8-13(12)21-14/h1-4,11-13,20H,5-8H2. The molecule has 0 bridgehead atoms. The van der Waals surface area contributed by atoms with Crippen molar-refractivity contribution in [3.05, 3.63) is 35.4 Å². The van der Waals surface area contributed by atoms with E-state index in [1.54, 1.807) is 11.8 Å². The quantitative estimate of drug-likeness (QED) is 0.903. The fraction of sp³-hybridized carbons (Fsp3) is 0.533. The summed E-state index contributed by atoms with van der Waals surface area (Å²) in [7, 11) is 0. The van der Waals surface area contributed by atoms with Gasteiger partial charge in [-0.25, -0.2) is 0 Å². The summed E-state index contributed by atoms with van der Waals surface area (Å²) >= 11 is 1.67. The molecule has 0 radical (unpaired) electrons. The van der Waals surface area contributed by atoms with Gasteiger partial charge in [-0.2, -0.15) is 13.2 Å². The van der Waals surface area contributed by atoms with Crippen molar-refractivity contribution in [1.29, 1.82) is 0 Å². The normalized spacial score (nSPS) is 29.1. The van der Waals surface area contributed by atoms with E-state index in [0.717, 1.165) is 42.0 Å². The van der Waals surface area contributed by atoms with Crippen molar-refractivity contribution < 1.29 is 18.3 Å². The molecule has 1 saturated carbocycles. The van der Waals surface area contributed by atoms with Gasteiger partial charge in [0, 0.05) is 11.7 Å². The summed E-state index contributed by atoms with van der Waals surface area (Å²) in [5.74, 6) is 0. The largest absolute Gasteiger partial charge is 0.416 e. The van der Waals surface area contributed by atoms with Crippen LogP contribution in [0.15, 0.2) is 29.3 Å². The molecule has 1 fully saturated rings. The molecule has 3 atom stereocenters. The Balaban J connectivity index is 1.65. The van der Waals surface area contributed by atoms with Crippen LogP contribution in [0.3, 0.4) is 0 Å². The molecular weight excluding hydrogens is 299 g/mol. The summed E-state index contributed by atoms with van der Waals surface area (Å²) in [6.07, 6.45) is -1.50. The Morgan fingerprint density at radius 3 is 2.57 bits per heavy atom. The smallest absolute Gasteiger partial charge is 0.393 e. The highest BCUT2D eigenvalue weighted by Crippen LogP contribution is 2.38. The van der Waals surface area contributed by atoms with E-state index in [-0.39, 0.29) is 12.1 Å². The number of aliphatic hydroxyl groups excluding tert-OH is 1. The molecule has 3 unspecified atom stereocenters. The van der Waals surface area contributed by atoms with Crippen LogP contribution in [-0.2, 0) is 12.6 Å². The van der Waals surface area contributed by atoms with Crippen molar-refractivity contribution in [2.45, 2.75) is 49.3 Å². The molecule has 21 heavy (non-hydrogen) atoms. The molecule has 0 aromatic heterocycles. The Labute approximate surface area is 125 Å². The number of aliphatic imine (C=N–C) groups is 1. The second-order valence-corrected chi connectivity index (χ2v) is 6.90. The third kappa shape index (κ3) is 3.43. The Morgan fingerprint density at radius 2 is 1.90 bits per heavy atom. The fourth-order valence-corrected chi connectivity index (χ4v) is 4.30. The summed E-state index contributed by atoms with van der Waals surface area (Å²) in [6, 6.07) is 5.53. The van der Waals surface area contributed by atoms with Gasteiger partial charge in [0.1, 0.15) is 0 Å². The molecule has 1 heterocycles. The minimum atomic E-state index is -4.29. The molecule has 1 aromatic rings. The van der Waals surface area contributed by atoms with Crippen LogP contribution in [0.25, 0.3) is 0 Å². The van der Waals surface area contributed by atoms with Gasteiger partial charge in [0.25, 0.3) is 0 Å². The maximum absolute atomic E-state index is 12.5. The second kappa shape index (κ2) is 5.65. The van der Waals surface area contributed by atoms with Crippen molar-refractivity contribution in [3.63, 3.8) is 0 Å². The van der Waals surface area contributed by atoms with Crippen molar-refractivity contribution >= 4 is 16.8 Å². The third-order valence-corrected chi connectivity index (χ3v) is 5.29. The SMILES string of the molecule is OC1CCC2N=C(Cc3ccc(C(F)(F)F)cc3)SC2C1. The molecule has 114 valence electrons. The zero-order valence-electron chi connectivity index (χ0n) is 11.3.